The summed E-state index contributed by atoms with van der Waals surface area (Å²) >= 11 is 0. The lowest BCUT2D eigenvalue weighted by Crippen LogP contribution is -2.11. The maximum atomic E-state index is 12.7. The van der Waals surface area contributed by atoms with Gasteiger partial charge in [-0.1, -0.05) is 30.3 Å². The summed E-state index contributed by atoms with van der Waals surface area (Å²) in [4.78, 5) is 17.3. The second kappa shape index (κ2) is 6.63. The third-order valence-electron chi connectivity index (χ3n) is 4.93. The topological polar surface area (TPSA) is 68.3 Å². The van der Waals surface area contributed by atoms with Crippen LogP contribution >= 0.6 is 0 Å². The minimum atomic E-state index is -0.297. The molecule has 0 aliphatic heterocycles. The normalized spacial score (nSPS) is 11.2. The molecule has 5 rings (SSSR count). The molecule has 1 N–H and O–H groups in total. The molecular formula is C24H18N2O3. The Hall–Kier alpha value is -3.86. The van der Waals surface area contributed by atoms with Gasteiger partial charge < -0.3 is 14.2 Å². The van der Waals surface area contributed by atoms with Crippen LogP contribution in [0.15, 0.2) is 75.6 Å². The summed E-state index contributed by atoms with van der Waals surface area (Å²) in [5, 5.41) is 3.83. The number of nitrogens with zero attached hydrogens (tertiary/aromatic N) is 1. The van der Waals surface area contributed by atoms with Crippen molar-refractivity contribution >= 4 is 33.7 Å². The van der Waals surface area contributed by atoms with E-state index >= 15 is 0 Å². The van der Waals surface area contributed by atoms with E-state index in [1.54, 1.807) is 6.07 Å². The Labute approximate surface area is 167 Å². The van der Waals surface area contributed by atoms with Gasteiger partial charge in [-0.3, -0.25) is 4.79 Å². The molecule has 0 bridgehead atoms. The molecule has 0 spiro atoms. The number of carbonyl (C=O) groups is 1. The minimum absolute atomic E-state index is 0.272. The van der Waals surface area contributed by atoms with Crippen LogP contribution in [0.4, 0.5) is 5.69 Å². The quantitative estimate of drug-likeness (QED) is 0.409. The van der Waals surface area contributed by atoms with E-state index in [1.165, 1.54) is 0 Å². The molecule has 0 radical (unpaired) electrons. The second-order valence-electron chi connectivity index (χ2n) is 7.12. The molecule has 5 nitrogen and oxygen atoms in total. The number of nitrogens with one attached hydrogen (secondary N) is 1. The second-order valence-corrected chi connectivity index (χ2v) is 7.12. The van der Waals surface area contributed by atoms with Gasteiger partial charge in [-0.15, -0.1) is 0 Å². The highest BCUT2D eigenvalue weighted by molar-refractivity contribution is 6.05. The zero-order valence-electron chi connectivity index (χ0n) is 16.0. The van der Waals surface area contributed by atoms with Gasteiger partial charge in [0, 0.05) is 16.6 Å². The number of rotatable bonds is 3. The first kappa shape index (κ1) is 17.3. The summed E-state index contributed by atoms with van der Waals surface area (Å²) in [7, 11) is 0. The monoisotopic (exact) mass is 382 g/mol. The number of aryl methyl sites for hydroxylation is 2. The van der Waals surface area contributed by atoms with Crippen LogP contribution in [-0.4, -0.2) is 10.9 Å². The van der Waals surface area contributed by atoms with Crippen molar-refractivity contribution in [2.75, 3.05) is 5.32 Å². The summed E-state index contributed by atoms with van der Waals surface area (Å²) in [5.74, 6) is 0.493. The standard InChI is InChI=1S/C24H18N2O3/c1-14-7-10-21-19(11-14)26-24(29-21)17-9-8-15(2)18(12-17)25-23(27)22-13-16-5-3-4-6-20(16)28-22/h3-13H,1-2H3,(H,25,27). The molecular weight excluding hydrogens is 364 g/mol. The summed E-state index contributed by atoms with van der Waals surface area (Å²) in [6.07, 6.45) is 0. The first-order valence-corrected chi connectivity index (χ1v) is 9.35. The number of aromatic nitrogens is 1. The van der Waals surface area contributed by atoms with Gasteiger partial charge in [0.2, 0.25) is 5.89 Å². The highest BCUT2D eigenvalue weighted by atomic mass is 16.4. The number of furan rings is 1. The predicted octanol–water partition coefficient (Wildman–Crippen LogP) is 6.11. The van der Waals surface area contributed by atoms with Gasteiger partial charge >= 0.3 is 0 Å². The van der Waals surface area contributed by atoms with Gasteiger partial charge in [-0.2, -0.15) is 0 Å². The van der Waals surface area contributed by atoms with Crippen LogP contribution in [0.1, 0.15) is 21.7 Å². The van der Waals surface area contributed by atoms with Crippen LogP contribution in [0.3, 0.4) is 0 Å². The van der Waals surface area contributed by atoms with E-state index in [1.807, 2.05) is 74.5 Å². The van der Waals surface area contributed by atoms with E-state index in [2.05, 4.69) is 10.3 Å². The average Bonchev–Trinajstić information content (AvgIpc) is 3.33. The van der Waals surface area contributed by atoms with Crippen molar-refractivity contribution in [1.29, 1.82) is 0 Å². The van der Waals surface area contributed by atoms with Gasteiger partial charge in [-0.05, 0) is 61.4 Å². The molecule has 1 amide bonds. The molecule has 0 atom stereocenters. The van der Waals surface area contributed by atoms with Gasteiger partial charge in [0.25, 0.3) is 5.91 Å². The molecule has 0 saturated heterocycles. The molecule has 3 aromatic carbocycles. The Kier molecular flexibility index (Phi) is 3.95. The number of para-hydroxylation sites is 1. The van der Waals surface area contributed by atoms with E-state index in [0.29, 0.717) is 17.2 Å². The Bertz CT molecular complexity index is 1340. The minimum Gasteiger partial charge on any atom is -0.451 e. The van der Waals surface area contributed by atoms with Crippen molar-refractivity contribution in [3.05, 3.63) is 83.6 Å². The summed E-state index contributed by atoms with van der Waals surface area (Å²) in [6.45, 7) is 3.96. The van der Waals surface area contributed by atoms with Crippen LogP contribution in [0, 0.1) is 13.8 Å². The summed E-state index contributed by atoms with van der Waals surface area (Å²) in [6, 6.07) is 20.9. The Morgan fingerprint density at radius 3 is 2.62 bits per heavy atom. The van der Waals surface area contributed by atoms with E-state index in [-0.39, 0.29) is 11.7 Å². The van der Waals surface area contributed by atoms with Gasteiger partial charge in [0.05, 0.1) is 0 Å². The predicted molar refractivity (Wildman–Crippen MR) is 113 cm³/mol. The van der Waals surface area contributed by atoms with E-state index in [0.717, 1.165) is 33.2 Å². The molecule has 2 heterocycles. The fourth-order valence-electron chi connectivity index (χ4n) is 3.33. The number of amides is 1. The van der Waals surface area contributed by atoms with Crippen LogP contribution in [0.5, 0.6) is 0 Å². The van der Waals surface area contributed by atoms with E-state index in [4.69, 9.17) is 8.83 Å². The maximum Gasteiger partial charge on any atom is 0.291 e. The number of benzene rings is 3. The van der Waals surface area contributed by atoms with Crippen LogP contribution in [0.2, 0.25) is 0 Å². The molecule has 0 fully saturated rings. The van der Waals surface area contributed by atoms with Crippen LogP contribution in [0.25, 0.3) is 33.5 Å². The van der Waals surface area contributed by atoms with Crippen LogP contribution in [-0.2, 0) is 0 Å². The SMILES string of the molecule is Cc1ccc2oc(-c3ccc(C)c(NC(=O)c4cc5ccccc5o4)c3)nc2c1. The first-order valence-electron chi connectivity index (χ1n) is 9.35. The molecule has 2 aromatic heterocycles. The summed E-state index contributed by atoms with van der Waals surface area (Å²) < 4.78 is 11.6. The average molecular weight is 382 g/mol. The number of carbonyl (C=O) groups excluding carboxylic acids is 1. The lowest BCUT2D eigenvalue weighted by molar-refractivity contribution is 0.0998. The molecule has 0 aliphatic carbocycles. The largest absolute Gasteiger partial charge is 0.451 e. The highest BCUT2D eigenvalue weighted by Crippen LogP contribution is 2.29. The molecule has 5 aromatic rings. The summed E-state index contributed by atoms with van der Waals surface area (Å²) in [5.41, 5.74) is 5.78. The van der Waals surface area contributed by atoms with Crippen molar-refractivity contribution in [2.45, 2.75) is 13.8 Å². The maximum absolute atomic E-state index is 12.7. The Morgan fingerprint density at radius 2 is 1.76 bits per heavy atom. The molecule has 142 valence electrons. The number of anilines is 1. The molecule has 0 aliphatic rings. The fraction of sp³-hybridized carbons (Fsp3) is 0.0833. The Balaban J connectivity index is 1.47. The van der Waals surface area contributed by atoms with Crippen molar-refractivity contribution in [2.24, 2.45) is 0 Å². The van der Waals surface area contributed by atoms with Gasteiger partial charge in [0.15, 0.2) is 11.3 Å². The van der Waals surface area contributed by atoms with Gasteiger partial charge in [-0.25, -0.2) is 4.98 Å². The Morgan fingerprint density at radius 1 is 0.897 bits per heavy atom. The molecule has 29 heavy (non-hydrogen) atoms. The van der Waals surface area contributed by atoms with Gasteiger partial charge in [0.1, 0.15) is 11.1 Å². The van der Waals surface area contributed by atoms with E-state index in [9.17, 15) is 4.79 Å². The lowest BCUT2D eigenvalue weighted by atomic mass is 10.1. The third-order valence-corrected chi connectivity index (χ3v) is 4.93. The zero-order valence-corrected chi connectivity index (χ0v) is 16.0. The van der Waals surface area contributed by atoms with Crippen molar-refractivity contribution in [3.8, 4) is 11.5 Å². The number of fused-ring (bicyclic) bond motifs is 2. The fourth-order valence-corrected chi connectivity index (χ4v) is 3.33. The number of oxazole rings is 1. The number of hydrogen-bond donors (Lipinski definition) is 1. The van der Waals surface area contributed by atoms with Crippen molar-refractivity contribution in [3.63, 3.8) is 0 Å². The lowest BCUT2D eigenvalue weighted by Gasteiger charge is -2.08. The zero-order chi connectivity index (χ0) is 20.0. The van der Waals surface area contributed by atoms with Crippen LogP contribution < -0.4 is 5.32 Å². The molecule has 0 saturated carbocycles. The first-order chi connectivity index (χ1) is 14.1. The molecule has 0 unspecified atom stereocenters. The highest BCUT2D eigenvalue weighted by Gasteiger charge is 2.15. The number of hydrogen-bond acceptors (Lipinski definition) is 4. The van der Waals surface area contributed by atoms with E-state index < -0.39 is 0 Å². The smallest absolute Gasteiger partial charge is 0.291 e. The van der Waals surface area contributed by atoms with Crippen molar-refractivity contribution < 1.29 is 13.6 Å². The molecule has 5 heteroatoms. The van der Waals surface area contributed by atoms with Crippen molar-refractivity contribution in [1.82, 2.24) is 4.98 Å². The third kappa shape index (κ3) is 3.17.